The number of aromatic nitrogens is 1. The molecule has 1 fully saturated rings. The van der Waals surface area contributed by atoms with Gasteiger partial charge in [0.05, 0.1) is 11.7 Å². The van der Waals surface area contributed by atoms with Crippen molar-refractivity contribution >= 4 is 16.5 Å². The molecule has 23 heavy (non-hydrogen) atoms. The third-order valence-electron chi connectivity index (χ3n) is 3.93. The maximum absolute atomic E-state index is 12.7. The Bertz CT molecular complexity index is 671. The molecule has 1 aromatic carbocycles. The molecule has 4 nitrogen and oxygen atoms in total. The highest BCUT2D eigenvalue weighted by molar-refractivity contribution is 7.15. The van der Waals surface area contributed by atoms with Crippen molar-refractivity contribution in [3.63, 3.8) is 0 Å². The number of thiazole rings is 1. The number of nitrogen functional groups attached to an aromatic ring is 1. The van der Waals surface area contributed by atoms with Crippen molar-refractivity contribution in [1.29, 1.82) is 0 Å². The molecule has 3 rings (SSSR count). The van der Waals surface area contributed by atoms with Gasteiger partial charge in [-0.05, 0) is 24.1 Å². The molecule has 2 heterocycles. The van der Waals surface area contributed by atoms with E-state index in [1.165, 1.54) is 23.5 Å². The van der Waals surface area contributed by atoms with Crippen molar-refractivity contribution < 1.29 is 18.3 Å². The summed E-state index contributed by atoms with van der Waals surface area (Å²) in [5.74, 6) is 0. The van der Waals surface area contributed by atoms with Crippen molar-refractivity contribution in [2.45, 2.75) is 31.3 Å². The highest BCUT2D eigenvalue weighted by atomic mass is 32.1. The van der Waals surface area contributed by atoms with E-state index in [-0.39, 0.29) is 6.04 Å². The summed E-state index contributed by atoms with van der Waals surface area (Å²) >= 11 is 1.37. The number of alkyl halides is 3. The topological polar surface area (TPSA) is 62.4 Å². The van der Waals surface area contributed by atoms with Gasteiger partial charge in [0, 0.05) is 30.2 Å². The van der Waals surface area contributed by atoms with Crippen molar-refractivity contribution in [2.75, 3.05) is 12.3 Å². The molecule has 0 saturated carbocycles. The molecule has 1 saturated heterocycles. The van der Waals surface area contributed by atoms with Gasteiger partial charge in [0.25, 0.3) is 0 Å². The predicted octanol–water partition coefficient (Wildman–Crippen LogP) is 3.05. The van der Waals surface area contributed by atoms with Gasteiger partial charge in [-0.1, -0.05) is 12.1 Å². The maximum Gasteiger partial charge on any atom is 0.416 e. The van der Waals surface area contributed by atoms with Crippen LogP contribution in [0.25, 0.3) is 0 Å². The molecule has 0 bridgehead atoms. The quantitative estimate of drug-likeness (QED) is 0.899. The maximum atomic E-state index is 12.7. The van der Waals surface area contributed by atoms with Crippen LogP contribution < -0.4 is 5.73 Å². The third-order valence-corrected chi connectivity index (χ3v) is 4.75. The molecule has 0 aliphatic carbocycles. The van der Waals surface area contributed by atoms with Gasteiger partial charge < -0.3 is 10.8 Å². The Balaban J connectivity index is 1.79. The van der Waals surface area contributed by atoms with E-state index in [9.17, 15) is 18.3 Å². The lowest BCUT2D eigenvalue weighted by Crippen LogP contribution is -2.24. The van der Waals surface area contributed by atoms with E-state index < -0.39 is 17.8 Å². The second-order valence-electron chi connectivity index (χ2n) is 5.62. The molecule has 1 aliphatic heterocycles. The molecular weight excluding hydrogens is 327 g/mol. The lowest BCUT2D eigenvalue weighted by Gasteiger charge is -2.24. The zero-order chi connectivity index (χ0) is 16.6. The van der Waals surface area contributed by atoms with E-state index >= 15 is 0 Å². The molecular formula is C15H16F3N3OS. The Morgan fingerprint density at radius 3 is 2.57 bits per heavy atom. The van der Waals surface area contributed by atoms with Crippen molar-refractivity contribution in [2.24, 2.45) is 0 Å². The van der Waals surface area contributed by atoms with Gasteiger partial charge in [0.15, 0.2) is 5.13 Å². The number of hydrogen-bond donors (Lipinski definition) is 2. The lowest BCUT2D eigenvalue weighted by atomic mass is 10.0. The molecule has 1 aliphatic rings. The zero-order valence-corrected chi connectivity index (χ0v) is 12.9. The minimum Gasteiger partial charge on any atom is -0.392 e. The predicted molar refractivity (Wildman–Crippen MR) is 81.7 cm³/mol. The Morgan fingerprint density at radius 2 is 2.00 bits per heavy atom. The average Bonchev–Trinajstić information content (AvgIpc) is 3.04. The first-order valence-electron chi connectivity index (χ1n) is 7.12. The number of benzene rings is 1. The van der Waals surface area contributed by atoms with E-state index in [1.807, 2.05) is 4.90 Å². The number of rotatable bonds is 3. The molecule has 124 valence electrons. The summed E-state index contributed by atoms with van der Waals surface area (Å²) in [6.07, 6.45) is -2.64. The summed E-state index contributed by atoms with van der Waals surface area (Å²) < 4.78 is 38.0. The molecule has 2 atom stereocenters. The average molecular weight is 343 g/mol. The number of nitrogens with zero attached hydrogens (tertiary/aromatic N) is 2. The molecule has 0 spiro atoms. The minimum absolute atomic E-state index is 0.115. The number of anilines is 1. The van der Waals surface area contributed by atoms with E-state index in [0.717, 1.165) is 22.6 Å². The Morgan fingerprint density at radius 1 is 1.30 bits per heavy atom. The number of halogens is 3. The number of aliphatic hydroxyl groups is 1. The Hall–Kier alpha value is -1.64. The van der Waals surface area contributed by atoms with Gasteiger partial charge in [-0.3, -0.25) is 4.90 Å². The number of hydrogen-bond acceptors (Lipinski definition) is 5. The molecule has 0 amide bonds. The molecule has 3 N–H and O–H groups in total. The minimum atomic E-state index is -4.34. The van der Waals surface area contributed by atoms with E-state index in [1.54, 1.807) is 6.20 Å². The second-order valence-corrected chi connectivity index (χ2v) is 6.77. The van der Waals surface area contributed by atoms with Crippen LogP contribution in [0, 0.1) is 0 Å². The van der Waals surface area contributed by atoms with Crippen molar-refractivity contribution in [3.05, 3.63) is 46.5 Å². The first kappa shape index (κ1) is 16.2. The monoisotopic (exact) mass is 343 g/mol. The molecule has 2 unspecified atom stereocenters. The fourth-order valence-corrected chi connectivity index (χ4v) is 3.60. The summed E-state index contributed by atoms with van der Waals surface area (Å²) in [4.78, 5) is 7.00. The van der Waals surface area contributed by atoms with Gasteiger partial charge in [-0.15, -0.1) is 11.3 Å². The van der Waals surface area contributed by atoms with Gasteiger partial charge in [-0.25, -0.2) is 4.98 Å². The lowest BCUT2D eigenvalue weighted by molar-refractivity contribution is -0.137. The smallest absolute Gasteiger partial charge is 0.392 e. The van der Waals surface area contributed by atoms with Crippen molar-refractivity contribution in [3.8, 4) is 0 Å². The molecule has 8 heteroatoms. The number of β-amino-alcohol motifs (C(OH)–C–C–N with tert-alkyl or cyclic N) is 1. The normalized spacial score (nSPS) is 22.6. The first-order chi connectivity index (χ1) is 10.8. The summed E-state index contributed by atoms with van der Waals surface area (Å²) in [6, 6.07) is 5.03. The van der Waals surface area contributed by atoms with Crippen LogP contribution in [0.4, 0.5) is 18.3 Å². The van der Waals surface area contributed by atoms with Crippen molar-refractivity contribution in [1.82, 2.24) is 9.88 Å². The van der Waals surface area contributed by atoms with Crippen LogP contribution >= 0.6 is 11.3 Å². The zero-order valence-electron chi connectivity index (χ0n) is 12.1. The standard InChI is InChI=1S/C15H16F3N3OS/c16-15(17,18)10-3-1-9(2-4-10)13-5-11(22)7-21(13)8-12-6-20-14(19)23-12/h1-4,6,11,13,22H,5,7-8H2,(H2,19,20). The molecule has 1 aromatic heterocycles. The highest BCUT2D eigenvalue weighted by Gasteiger charge is 2.34. The van der Waals surface area contributed by atoms with Crippen LogP contribution in [-0.4, -0.2) is 27.6 Å². The van der Waals surface area contributed by atoms with Gasteiger partial charge >= 0.3 is 6.18 Å². The fraction of sp³-hybridized carbons (Fsp3) is 0.400. The van der Waals surface area contributed by atoms with Crippen LogP contribution in [0.5, 0.6) is 0 Å². The largest absolute Gasteiger partial charge is 0.416 e. The Labute approximate surface area is 135 Å². The molecule has 0 radical (unpaired) electrons. The fourth-order valence-electron chi connectivity index (χ4n) is 2.89. The first-order valence-corrected chi connectivity index (χ1v) is 7.94. The van der Waals surface area contributed by atoms with Gasteiger partial charge in [0.2, 0.25) is 0 Å². The molecule has 2 aromatic rings. The third kappa shape index (κ3) is 3.65. The second kappa shape index (κ2) is 6.10. The summed E-state index contributed by atoms with van der Waals surface area (Å²) in [7, 11) is 0. The SMILES string of the molecule is Nc1ncc(CN2CC(O)CC2c2ccc(C(F)(F)F)cc2)s1. The summed E-state index contributed by atoms with van der Waals surface area (Å²) in [6.45, 7) is 1.04. The van der Waals surface area contributed by atoms with Crippen LogP contribution in [0.15, 0.2) is 30.5 Å². The summed E-state index contributed by atoms with van der Waals surface area (Å²) in [5.41, 5.74) is 5.72. The van der Waals surface area contributed by atoms with Crippen LogP contribution in [-0.2, 0) is 12.7 Å². The van der Waals surface area contributed by atoms with E-state index in [2.05, 4.69) is 4.98 Å². The van der Waals surface area contributed by atoms with Crippen LogP contribution in [0.3, 0.4) is 0 Å². The number of aliphatic hydroxyl groups excluding tert-OH is 1. The number of likely N-dealkylation sites (tertiary alicyclic amines) is 1. The van der Waals surface area contributed by atoms with Gasteiger partial charge in [0.1, 0.15) is 0 Å². The van der Waals surface area contributed by atoms with Crippen LogP contribution in [0.2, 0.25) is 0 Å². The van der Waals surface area contributed by atoms with E-state index in [0.29, 0.717) is 24.6 Å². The summed E-state index contributed by atoms with van der Waals surface area (Å²) in [5, 5.41) is 10.4. The van der Waals surface area contributed by atoms with E-state index in [4.69, 9.17) is 5.73 Å². The van der Waals surface area contributed by atoms with Gasteiger partial charge in [-0.2, -0.15) is 13.2 Å². The highest BCUT2D eigenvalue weighted by Crippen LogP contribution is 2.36. The Kier molecular flexibility index (Phi) is 4.31. The number of nitrogens with two attached hydrogens (primary N) is 1. The van der Waals surface area contributed by atoms with Crippen LogP contribution in [0.1, 0.15) is 28.5 Å².